The zero-order chi connectivity index (χ0) is 16.0. The number of hydrogen-bond donors (Lipinski definition) is 1. The summed E-state index contributed by atoms with van der Waals surface area (Å²) >= 11 is 0. The molecule has 5 nitrogen and oxygen atoms in total. The van der Waals surface area contributed by atoms with Crippen LogP contribution >= 0.6 is 0 Å². The zero-order valence-corrected chi connectivity index (χ0v) is 13.8. The summed E-state index contributed by atoms with van der Waals surface area (Å²) in [4.78, 5) is 10.0. The Morgan fingerprint density at radius 1 is 1.30 bits per heavy atom. The molecule has 0 aliphatic heterocycles. The average molecular weight is 310 g/mol. The Hall–Kier alpha value is -2.14. The molecule has 0 amide bonds. The summed E-state index contributed by atoms with van der Waals surface area (Å²) in [5.74, 6) is 2.03. The Labute approximate surface area is 135 Å². The van der Waals surface area contributed by atoms with E-state index < -0.39 is 0 Å². The van der Waals surface area contributed by atoms with Gasteiger partial charge < -0.3 is 14.4 Å². The molecule has 0 radical (unpaired) electrons. The monoisotopic (exact) mass is 310 g/mol. The molecule has 0 spiro atoms. The molecule has 1 aliphatic rings. The Bertz CT molecular complexity index is 827. The van der Waals surface area contributed by atoms with Crippen molar-refractivity contribution in [1.82, 2.24) is 20.0 Å². The molecule has 0 atom stereocenters. The molecule has 1 aromatic carbocycles. The van der Waals surface area contributed by atoms with Crippen molar-refractivity contribution >= 4 is 10.9 Å². The molecule has 4 rings (SSSR count). The minimum atomic E-state index is 0.664. The molecule has 120 valence electrons. The van der Waals surface area contributed by atoms with Crippen molar-refractivity contribution in [2.45, 2.75) is 38.1 Å². The van der Waals surface area contributed by atoms with Gasteiger partial charge in [0.15, 0.2) is 5.82 Å². The Morgan fingerprint density at radius 2 is 2.13 bits per heavy atom. The largest absolute Gasteiger partial charge is 0.361 e. The molecule has 2 heterocycles. The van der Waals surface area contributed by atoms with Crippen LogP contribution in [-0.4, -0.2) is 40.2 Å². The first-order valence-electron chi connectivity index (χ1n) is 8.15. The summed E-state index contributed by atoms with van der Waals surface area (Å²) in [6, 6.07) is 7.27. The highest BCUT2D eigenvalue weighted by molar-refractivity contribution is 5.84. The highest BCUT2D eigenvalue weighted by Gasteiger charge is 2.32. The maximum absolute atomic E-state index is 5.24. The molecule has 1 N–H and O–H groups in total. The van der Waals surface area contributed by atoms with E-state index in [1.165, 1.54) is 34.9 Å². The van der Waals surface area contributed by atoms with Gasteiger partial charge in [-0.3, -0.25) is 0 Å². The first-order chi connectivity index (χ1) is 11.1. The number of rotatable bonds is 4. The summed E-state index contributed by atoms with van der Waals surface area (Å²) in [5.41, 5.74) is 3.87. The zero-order valence-electron chi connectivity index (χ0n) is 13.8. The van der Waals surface area contributed by atoms with Gasteiger partial charge in [0, 0.05) is 23.1 Å². The van der Waals surface area contributed by atoms with Crippen LogP contribution < -0.4 is 0 Å². The van der Waals surface area contributed by atoms with Crippen LogP contribution in [0.1, 0.15) is 41.6 Å². The van der Waals surface area contributed by atoms with Crippen LogP contribution in [0.2, 0.25) is 0 Å². The van der Waals surface area contributed by atoms with Crippen LogP contribution in [0.4, 0.5) is 0 Å². The predicted molar refractivity (Wildman–Crippen MR) is 89.6 cm³/mol. The van der Waals surface area contributed by atoms with Gasteiger partial charge in [0.2, 0.25) is 5.89 Å². The van der Waals surface area contributed by atoms with Crippen molar-refractivity contribution in [1.29, 1.82) is 0 Å². The van der Waals surface area contributed by atoms with Gasteiger partial charge in [-0.25, -0.2) is 0 Å². The van der Waals surface area contributed by atoms with Gasteiger partial charge in [-0.15, -0.1) is 0 Å². The topological polar surface area (TPSA) is 58.0 Å². The third-order valence-corrected chi connectivity index (χ3v) is 4.99. The summed E-state index contributed by atoms with van der Waals surface area (Å²) < 4.78 is 5.24. The normalized spacial score (nSPS) is 21.0. The van der Waals surface area contributed by atoms with Crippen molar-refractivity contribution in [2.75, 3.05) is 14.1 Å². The highest BCUT2D eigenvalue weighted by Crippen LogP contribution is 2.41. The molecular weight excluding hydrogens is 288 g/mol. The van der Waals surface area contributed by atoms with Gasteiger partial charge in [0.1, 0.15) is 0 Å². The van der Waals surface area contributed by atoms with Crippen LogP contribution in [-0.2, 0) is 6.42 Å². The van der Waals surface area contributed by atoms with E-state index in [0.29, 0.717) is 24.1 Å². The second-order valence-electron chi connectivity index (χ2n) is 6.82. The molecule has 0 unspecified atom stereocenters. The first kappa shape index (κ1) is 14.5. The maximum Gasteiger partial charge on any atom is 0.231 e. The lowest BCUT2D eigenvalue weighted by Gasteiger charge is -2.39. The molecule has 23 heavy (non-hydrogen) atoms. The van der Waals surface area contributed by atoms with Crippen molar-refractivity contribution < 1.29 is 4.52 Å². The molecule has 1 aliphatic carbocycles. The number of benzene rings is 1. The van der Waals surface area contributed by atoms with Crippen LogP contribution in [0, 0.1) is 6.92 Å². The molecular formula is C18H22N4O. The second-order valence-corrected chi connectivity index (χ2v) is 6.82. The number of hydrogen-bond acceptors (Lipinski definition) is 4. The first-order valence-corrected chi connectivity index (χ1v) is 8.15. The fourth-order valence-electron chi connectivity index (χ4n) is 3.49. The van der Waals surface area contributed by atoms with Gasteiger partial charge in [-0.2, -0.15) is 4.98 Å². The van der Waals surface area contributed by atoms with E-state index in [-0.39, 0.29) is 0 Å². The SMILES string of the molecule is Cc1noc(Cc2ccc3[nH]cc([C@H]4C[C@H](N(C)C)C4)c3c2)n1. The lowest BCUT2D eigenvalue weighted by Crippen LogP contribution is -2.39. The Kier molecular flexibility index (Phi) is 3.45. The number of fused-ring (bicyclic) bond motifs is 1. The number of H-pyrrole nitrogens is 1. The van der Waals surface area contributed by atoms with Crippen LogP contribution in [0.25, 0.3) is 10.9 Å². The minimum absolute atomic E-state index is 0.664. The molecule has 0 saturated heterocycles. The quantitative estimate of drug-likeness (QED) is 0.803. The van der Waals surface area contributed by atoms with Crippen molar-refractivity contribution in [3.63, 3.8) is 0 Å². The average Bonchev–Trinajstić information content (AvgIpc) is 3.04. The van der Waals surface area contributed by atoms with Crippen LogP contribution in [0.5, 0.6) is 0 Å². The summed E-state index contributed by atoms with van der Waals surface area (Å²) in [6.45, 7) is 1.85. The molecule has 3 aromatic rings. The summed E-state index contributed by atoms with van der Waals surface area (Å²) in [6.07, 6.45) is 5.36. The molecule has 2 aromatic heterocycles. The van der Waals surface area contributed by atoms with E-state index in [1.807, 2.05) is 6.92 Å². The third-order valence-electron chi connectivity index (χ3n) is 4.99. The molecule has 0 bridgehead atoms. The summed E-state index contributed by atoms with van der Waals surface area (Å²) in [7, 11) is 4.33. The Balaban J connectivity index is 1.59. The van der Waals surface area contributed by atoms with Gasteiger partial charge in [0.25, 0.3) is 0 Å². The van der Waals surface area contributed by atoms with Crippen molar-refractivity contribution in [3.8, 4) is 0 Å². The molecule has 1 fully saturated rings. The number of nitrogens with zero attached hydrogens (tertiary/aromatic N) is 3. The lowest BCUT2D eigenvalue weighted by molar-refractivity contribution is 0.167. The second kappa shape index (κ2) is 5.49. The number of nitrogens with one attached hydrogen (secondary N) is 1. The number of aryl methyl sites for hydroxylation is 1. The van der Waals surface area contributed by atoms with Gasteiger partial charge in [-0.05, 0) is 63.0 Å². The lowest BCUT2D eigenvalue weighted by atomic mass is 9.75. The van der Waals surface area contributed by atoms with Crippen molar-refractivity contribution in [3.05, 3.63) is 47.2 Å². The van der Waals surface area contributed by atoms with E-state index in [2.05, 4.69) is 58.5 Å². The molecule has 1 saturated carbocycles. The van der Waals surface area contributed by atoms with Gasteiger partial charge in [0.05, 0.1) is 6.42 Å². The standard InChI is InChI=1S/C18H22N4O/c1-11-20-18(23-21-11)7-12-4-5-17-15(6-12)16(10-19-17)13-8-14(9-13)22(2)3/h4-6,10,13-14,19H,7-9H2,1-3H3/t13-,14-. The van der Waals surface area contributed by atoms with E-state index in [1.54, 1.807) is 0 Å². The van der Waals surface area contributed by atoms with E-state index in [9.17, 15) is 0 Å². The van der Waals surface area contributed by atoms with E-state index in [0.717, 1.165) is 6.04 Å². The highest BCUT2D eigenvalue weighted by atomic mass is 16.5. The summed E-state index contributed by atoms with van der Waals surface area (Å²) in [5, 5.41) is 5.20. The van der Waals surface area contributed by atoms with Crippen molar-refractivity contribution in [2.24, 2.45) is 0 Å². The van der Waals surface area contributed by atoms with Gasteiger partial charge in [-0.1, -0.05) is 11.2 Å². The molecule has 5 heteroatoms. The minimum Gasteiger partial charge on any atom is -0.361 e. The van der Waals surface area contributed by atoms with E-state index in [4.69, 9.17) is 4.52 Å². The smallest absolute Gasteiger partial charge is 0.231 e. The fourth-order valence-corrected chi connectivity index (χ4v) is 3.49. The van der Waals surface area contributed by atoms with Crippen LogP contribution in [0.15, 0.2) is 28.9 Å². The Morgan fingerprint density at radius 3 is 2.83 bits per heavy atom. The fraction of sp³-hybridized carbons (Fsp3) is 0.444. The van der Waals surface area contributed by atoms with Crippen LogP contribution in [0.3, 0.4) is 0 Å². The number of aromatic amines is 1. The van der Waals surface area contributed by atoms with E-state index >= 15 is 0 Å². The maximum atomic E-state index is 5.24. The number of aromatic nitrogens is 3. The predicted octanol–water partition coefficient (Wildman–Crippen LogP) is 3.26. The van der Waals surface area contributed by atoms with Gasteiger partial charge >= 0.3 is 0 Å². The third kappa shape index (κ3) is 2.65.